The summed E-state index contributed by atoms with van der Waals surface area (Å²) < 4.78 is 3.40. The van der Waals surface area contributed by atoms with Crippen molar-refractivity contribution in [2.24, 2.45) is 0 Å². The second-order valence-corrected chi connectivity index (χ2v) is 8.11. The summed E-state index contributed by atoms with van der Waals surface area (Å²) in [7, 11) is 0. The van der Waals surface area contributed by atoms with Gasteiger partial charge in [0.05, 0.1) is 5.69 Å². The predicted octanol–water partition coefficient (Wildman–Crippen LogP) is 2.25. The number of carbonyl (C=O) groups excluding carboxylic acids is 1. The number of nitrogens with zero attached hydrogens (tertiary/aromatic N) is 3. The number of thiazole rings is 1. The molecule has 0 fully saturated rings. The molecule has 1 aromatic carbocycles. The maximum Gasteiger partial charge on any atom is 0.337 e. The first-order chi connectivity index (χ1) is 13.0. The fraction of sp³-hybridized carbons (Fsp3) is 0.333. The second-order valence-electron chi connectivity index (χ2n) is 6.06. The molecule has 2 aromatic heterocycles. The van der Waals surface area contributed by atoms with Crippen molar-refractivity contribution in [3.05, 3.63) is 51.2 Å². The summed E-state index contributed by atoms with van der Waals surface area (Å²) in [5.41, 5.74) is -0.274. The molecular formula is C18H20N4O3S2. The van der Waals surface area contributed by atoms with Crippen molar-refractivity contribution in [1.82, 2.24) is 19.4 Å². The van der Waals surface area contributed by atoms with Crippen molar-refractivity contribution in [3.8, 4) is 5.69 Å². The fourth-order valence-electron chi connectivity index (χ4n) is 2.62. The molecule has 0 bridgehead atoms. The lowest BCUT2D eigenvalue weighted by Gasteiger charge is -2.14. The Bertz CT molecular complexity index is 1090. The molecule has 3 rings (SSSR count). The van der Waals surface area contributed by atoms with Crippen LogP contribution in [0.25, 0.3) is 16.0 Å². The third-order valence-corrected chi connectivity index (χ3v) is 6.19. The maximum atomic E-state index is 13.1. The van der Waals surface area contributed by atoms with Gasteiger partial charge < -0.3 is 5.32 Å². The zero-order chi connectivity index (χ0) is 19.6. The number of hydrogen-bond acceptors (Lipinski definition) is 6. The number of nitrogens with one attached hydrogen (secondary N) is 1. The van der Waals surface area contributed by atoms with Gasteiger partial charge in [-0.25, -0.2) is 14.3 Å². The average Bonchev–Trinajstić information content (AvgIpc) is 3.11. The standard InChI is InChI=1S/C18H20N4O3S2/c1-4-11(2)19-13(23)10-21-15-14(27-17(20-15)26-3)16(24)22(18(21)25)12-8-6-5-7-9-12/h5-9,11H,4,10H2,1-3H3,(H,19,23). The number of rotatable bonds is 6. The van der Waals surface area contributed by atoms with E-state index in [1.165, 1.54) is 27.7 Å². The Balaban J connectivity index is 2.22. The lowest BCUT2D eigenvalue weighted by atomic mass is 10.2. The first-order valence-corrected chi connectivity index (χ1v) is 10.6. The van der Waals surface area contributed by atoms with Crippen LogP contribution in [0.3, 0.4) is 0 Å². The average molecular weight is 405 g/mol. The number of amides is 1. The molecule has 0 aliphatic heterocycles. The van der Waals surface area contributed by atoms with E-state index in [9.17, 15) is 14.4 Å². The van der Waals surface area contributed by atoms with Crippen LogP contribution in [0.1, 0.15) is 20.3 Å². The Labute approximate surface area is 164 Å². The van der Waals surface area contributed by atoms with Gasteiger partial charge in [0.15, 0.2) is 9.99 Å². The maximum absolute atomic E-state index is 13.1. The van der Waals surface area contributed by atoms with Gasteiger partial charge in [0.2, 0.25) is 5.91 Å². The van der Waals surface area contributed by atoms with Crippen LogP contribution in [0.4, 0.5) is 0 Å². The number of benzene rings is 1. The molecule has 2 heterocycles. The third-order valence-electron chi connectivity index (χ3n) is 4.18. The highest BCUT2D eigenvalue weighted by Crippen LogP contribution is 2.25. The number of aromatic nitrogens is 3. The highest BCUT2D eigenvalue weighted by molar-refractivity contribution is 8.00. The van der Waals surface area contributed by atoms with Crippen molar-refractivity contribution in [3.63, 3.8) is 0 Å². The summed E-state index contributed by atoms with van der Waals surface area (Å²) in [4.78, 5) is 42.8. The Morgan fingerprint density at radius 3 is 2.63 bits per heavy atom. The van der Waals surface area contributed by atoms with Crippen molar-refractivity contribution in [2.45, 2.75) is 37.2 Å². The molecule has 9 heteroatoms. The van der Waals surface area contributed by atoms with Crippen LogP contribution in [0.15, 0.2) is 44.3 Å². The number of carbonyl (C=O) groups is 1. The van der Waals surface area contributed by atoms with Crippen LogP contribution in [0, 0.1) is 0 Å². The van der Waals surface area contributed by atoms with Crippen molar-refractivity contribution < 1.29 is 4.79 Å². The van der Waals surface area contributed by atoms with Gasteiger partial charge in [-0.1, -0.05) is 36.9 Å². The van der Waals surface area contributed by atoms with Gasteiger partial charge in [-0.05, 0) is 31.7 Å². The molecule has 1 atom stereocenters. The minimum absolute atomic E-state index is 0.000846. The summed E-state index contributed by atoms with van der Waals surface area (Å²) in [5.74, 6) is -0.287. The van der Waals surface area contributed by atoms with Crippen LogP contribution in [-0.4, -0.2) is 32.3 Å². The van der Waals surface area contributed by atoms with Crippen molar-refractivity contribution >= 4 is 39.4 Å². The van der Waals surface area contributed by atoms with Gasteiger partial charge in [-0.2, -0.15) is 0 Å². The smallest absolute Gasteiger partial charge is 0.337 e. The van der Waals surface area contributed by atoms with Crippen LogP contribution in [0.5, 0.6) is 0 Å². The van der Waals surface area contributed by atoms with E-state index < -0.39 is 11.2 Å². The molecule has 0 aliphatic carbocycles. The normalized spacial score (nSPS) is 12.3. The van der Waals surface area contributed by atoms with Gasteiger partial charge in [-0.15, -0.1) is 11.3 Å². The summed E-state index contributed by atoms with van der Waals surface area (Å²) in [6.45, 7) is 3.68. The molecule has 0 saturated carbocycles. The van der Waals surface area contributed by atoms with E-state index in [-0.39, 0.29) is 24.1 Å². The molecule has 1 amide bonds. The molecule has 0 radical (unpaired) electrons. The number of thioether (sulfide) groups is 1. The highest BCUT2D eigenvalue weighted by Gasteiger charge is 2.20. The van der Waals surface area contributed by atoms with Crippen molar-refractivity contribution in [1.29, 1.82) is 0 Å². The SMILES string of the molecule is CCC(C)NC(=O)Cn1c(=O)n(-c2ccccc2)c(=O)c2sc(SC)nc21. The van der Waals surface area contributed by atoms with Gasteiger partial charge in [0.25, 0.3) is 5.56 Å². The lowest BCUT2D eigenvalue weighted by molar-refractivity contribution is -0.122. The molecule has 0 saturated heterocycles. The Kier molecular flexibility index (Phi) is 5.81. The fourth-order valence-corrected chi connectivity index (χ4v) is 4.11. The Morgan fingerprint density at radius 1 is 1.30 bits per heavy atom. The van der Waals surface area contributed by atoms with E-state index in [0.717, 1.165) is 11.0 Å². The van der Waals surface area contributed by atoms with E-state index in [4.69, 9.17) is 0 Å². The summed E-state index contributed by atoms with van der Waals surface area (Å²) in [6, 6.07) is 8.70. The first kappa shape index (κ1) is 19.4. The number of hydrogen-bond donors (Lipinski definition) is 1. The zero-order valence-electron chi connectivity index (χ0n) is 15.3. The Hall–Kier alpha value is -2.39. The van der Waals surface area contributed by atoms with E-state index >= 15 is 0 Å². The number of para-hydroxylation sites is 1. The number of fused-ring (bicyclic) bond motifs is 1. The largest absolute Gasteiger partial charge is 0.352 e. The Morgan fingerprint density at radius 2 is 2.00 bits per heavy atom. The van der Waals surface area contributed by atoms with Crippen LogP contribution in [0.2, 0.25) is 0 Å². The molecule has 3 aromatic rings. The first-order valence-electron chi connectivity index (χ1n) is 8.51. The lowest BCUT2D eigenvalue weighted by Crippen LogP contribution is -2.43. The quantitative estimate of drug-likeness (QED) is 0.637. The minimum atomic E-state index is -0.573. The molecule has 27 heavy (non-hydrogen) atoms. The molecular weight excluding hydrogens is 384 g/mol. The van der Waals surface area contributed by atoms with Crippen LogP contribution >= 0.6 is 23.1 Å². The molecule has 1 unspecified atom stereocenters. The predicted molar refractivity (Wildman–Crippen MR) is 109 cm³/mol. The summed E-state index contributed by atoms with van der Waals surface area (Å²) >= 11 is 2.62. The third kappa shape index (κ3) is 3.84. The topological polar surface area (TPSA) is 86.0 Å². The van der Waals surface area contributed by atoms with Gasteiger partial charge in [0.1, 0.15) is 11.2 Å². The molecule has 1 N–H and O–H groups in total. The molecule has 142 valence electrons. The summed E-state index contributed by atoms with van der Waals surface area (Å²) in [5, 5.41) is 2.85. The van der Waals surface area contributed by atoms with Gasteiger partial charge in [-0.3, -0.25) is 14.2 Å². The van der Waals surface area contributed by atoms with Gasteiger partial charge >= 0.3 is 5.69 Å². The van der Waals surface area contributed by atoms with E-state index in [0.29, 0.717) is 14.7 Å². The zero-order valence-corrected chi connectivity index (χ0v) is 16.9. The van der Waals surface area contributed by atoms with Gasteiger partial charge in [0, 0.05) is 6.04 Å². The monoisotopic (exact) mass is 404 g/mol. The molecule has 7 nitrogen and oxygen atoms in total. The summed E-state index contributed by atoms with van der Waals surface area (Å²) in [6.07, 6.45) is 2.64. The molecule has 0 aliphatic rings. The second kappa shape index (κ2) is 8.10. The van der Waals surface area contributed by atoms with Crippen molar-refractivity contribution in [2.75, 3.05) is 6.26 Å². The highest BCUT2D eigenvalue weighted by atomic mass is 32.2. The van der Waals surface area contributed by atoms with E-state index in [1.807, 2.05) is 26.2 Å². The van der Waals surface area contributed by atoms with E-state index in [1.54, 1.807) is 24.3 Å². The minimum Gasteiger partial charge on any atom is -0.352 e. The van der Waals surface area contributed by atoms with Crippen LogP contribution < -0.4 is 16.6 Å². The molecule has 0 spiro atoms. The van der Waals surface area contributed by atoms with E-state index in [2.05, 4.69) is 10.3 Å². The van der Waals surface area contributed by atoms with Crippen LogP contribution in [-0.2, 0) is 11.3 Å².